The largest absolute Gasteiger partial charge is 0.348 e. The highest BCUT2D eigenvalue weighted by atomic mass is 32.1. The molecule has 0 bridgehead atoms. The summed E-state index contributed by atoms with van der Waals surface area (Å²) in [5, 5.41) is 5.55. The summed E-state index contributed by atoms with van der Waals surface area (Å²) in [5.41, 5.74) is 0.279. The molecule has 40 heavy (non-hydrogen) atoms. The van der Waals surface area contributed by atoms with Gasteiger partial charge in [0.25, 0.3) is 0 Å². The van der Waals surface area contributed by atoms with Crippen molar-refractivity contribution in [1.29, 1.82) is 0 Å². The van der Waals surface area contributed by atoms with Crippen molar-refractivity contribution in [3.63, 3.8) is 0 Å². The molecule has 0 radical (unpaired) electrons. The predicted octanol–water partition coefficient (Wildman–Crippen LogP) is 8.70. The van der Waals surface area contributed by atoms with Gasteiger partial charge in [-0.2, -0.15) is 0 Å². The maximum atomic E-state index is 13.7. The van der Waals surface area contributed by atoms with E-state index in [2.05, 4.69) is 50.5 Å². The van der Waals surface area contributed by atoms with Crippen LogP contribution in [0.2, 0.25) is 0 Å². The molecule has 1 unspecified atom stereocenters. The van der Waals surface area contributed by atoms with E-state index in [-0.39, 0.29) is 34.6 Å². The van der Waals surface area contributed by atoms with Crippen LogP contribution in [0.1, 0.15) is 135 Å². The number of carbonyl (C=O) groups excluding carboxylic acids is 3. The van der Waals surface area contributed by atoms with E-state index in [0.29, 0.717) is 60.9 Å². The third kappa shape index (κ3) is 5.75. The van der Waals surface area contributed by atoms with E-state index < -0.39 is 0 Å². The second-order valence-electron chi connectivity index (χ2n) is 14.6. The van der Waals surface area contributed by atoms with Crippen molar-refractivity contribution in [2.45, 2.75) is 130 Å². The van der Waals surface area contributed by atoms with Gasteiger partial charge < -0.3 is 5.32 Å². The Balaban J connectivity index is 1.22. The normalized spacial score (nSPS) is 36.9. The fraction of sp³-hybridized carbons (Fsp3) is 0.800. The number of Topliss-reactive ketones (excluding diaryl/α,β-unsaturated/α-hetero) is 2. The summed E-state index contributed by atoms with van der Waals surface area (Å²) in [5.74, 6) is 3.10. The molecular formula is C35H53NO3S. The van der Waals surface area contributed by atoms with Gasteiger partial charge in [-0.05, 0) is 90.4 Å². The Hall–Kier alpha value is -1.49. The Morgan fingerprint density at radius 2 is 1.80 bits per heavy atom. The van der Waals surface area contributed by atoms with Crippen molar-refractivity contribution in [2.75, 3.05) is 0 Å². The van der Waals surface area contributed by atoms with Gasteiger partial charge in [-0.3, -0.25) is 14.4 Å². The van der Waals surface area contributed by atoms with Crippen LogP contribution in [0.3, 0.4) is 0 Å². The highest BCUT2D eigenvalue weighted by molar-refractivity contribution is 7.10. The molecule has 1 N–H and O–H groups in total. The molecule has 0 aliphatic heterocycles. The van der Waals surface area contributed by atoms with Crippen LogP contribution in [-0.4, -0.2) is 17.5 Å². The van der Waals surface area contributed by atoms with Gasteiger partial charge in [0.1, 0.15) is 11.6 Å². The third-order valence-electron chi connectivity index (χ3n) is 12.4. The molecule has 4 aliphatic rings. The number of fused-ring (bicyclic) bond motifs is 5. The standard InChI is InChI=1S/C35H53NO3S/c1-5-6-7-8-9-11-29(31-12-10-19-40-31)36-32(39)20-23(2)26-13-14-27-33-28(16-18-35(26,27)4)34(3)17-15-25(37)21-24(34)22-30(33)38/h10,12,19,23-24,26-29,33H,5-9,11,13-18,20-22H2,1-4H3,(H,36,39)/t23-,24+,26-,27+,28+,29?,33+,34+,35-/m1/s1. The second-order valence-corrected chi connectivity index (χ2v) is 15.6. The number of hydrogen-bond donors (Lipinski definition) is 1. The number of rotatable bonds is 11. The van der Waals surface area contributed by atoms with E-state index in [9.17, 15) is 14.4 Å². The van der Waals surface area contributed by atoms with Gasteiger partial charge in [-0.1, -0.05) is 65.9 Å². The van der Waals surface area contributed by atoms with Gasteiger partial charge in [0.15, 0.2) is 0 Å². The van der Waals surface area contributed by atoms with Crippen LogP contribution >= 0.6 is 11.3 Å². The topological polar surface area (TPSA) is 63.2 Å². The maximum absolute atomic E-state index is 13.7. The zero-order chi connectivity index (χ0) is 28.5. The second kappa shape index (κ2) is 12.4. The first-order valence-corrected chi connectivity index (χ1v) is 17.4. The number of hydrogen-bond acceptors (Lipinski definition) is 4. The summed E-state index contributed by atoms with van der Waals surface area (Å²) in [6.07, 6.45) is 15.2. The first-order chi connectivity index (χ1) is 19.2. The third-order valence-corrected chi connectivity index (χ3v) is 13.4. The summed E-state index contributed by atoms with van der Waals surface area (Å²) in [6, 6.07) is 4.38. The van der Waals surface area contributed by atoms with Gasteiger partial charge in [-0.15, -0.1) is 11.3 Å². The molecule has 1 heterocycles. The highest BCUT2D eigenvalue weighted by Crippen LogP contribution is 2.67. The van der Waals surface area contributed by atoms with Gasteiger partial charge in [0.2, 0.25) is 5.91 Å². The zero-order valence-electron chi connectivity index (χ0n) is 25.5. The Morgan fingerprint density at radius 3 is 2.55 bits per heavy atom. The van der Waals surface area contributed by atoms with E-state index in [1.165, 1.54) is 30.6 Å². The lowest BCUT2D eigenvalue weighted by Gasteiger charge is -2.59. The summed E-state index contributed by atoms with van der Waals surface area (Å²) < 4.78 is 0. The predicted molar refractivity (Wildman–Crippen MR) is 163 cm³/mol. The minimum atomic E-state index is 0.125. The Morgan fingerprint density at radius 1 is 1.02 bits per heavy atom. The molecule has 1 aromatic heterocycles. The van der Waals surface area contributed by atoms with Crippen LogP contribution < -0.4 is 5.32 Å². The molecule has 4 saturated carbocycles. The van der Waals surface area contributed by atoms with Crippen LogP contribution in [-0.2, 0) is 14.4 Å². The van der Waals surface area contributed by atoms with Gasteiger partial charge in [0, 0.05) is 36.5 Å². The van der Waals surface area contributed by atoms with Crippen molar-refractivity contribution < 1.29 is 14.4 Å². The van der Waals surface area contributed by atoms with Crippen LogP contribution in [0.15, 0.2) is 17.5 Å². The summed E-state index contributed by atoms with van der Waals surface area (Å²) in [7, 11) is 0. The molecule has 0 spiro atoms. The van der Waals surface area contributed by atoms with Gasteiger partial charge >= 0.3 is 0 Å². The average Bonchev–Trinajstić information content (AvgIpc) is 3.57. The summed E-state index contributed by atoms with van der Waals surface area (Å²) in [6.45, 7) is 9.40. The molecule has 4 aliphatic carbocycles. The fourth-order valence-electron chi connectivity index (χ4n) is 10.1. The lowest BCUT2D eigenvalue weighted by atomic mass is 9.44. The molecule has 1 aromatic rings. The SMILES string of the molecule is CCCCCCCC(NC(=O)C[C@@H](C)[C@H]1CC[C@H]2[C@@H]3C(=O)C[C@@H]4CC(=O)CC[C@]4(C)[C@H]3CC[C@]12C)c1cccs1. The van der Waals surface area contributed by atoms with E-state index in [1.54, 1.807) is 11.3 Å². The monoisotopic (exact) mass is 567 g/mol. The first kappa shape index (κ1) is 30.0. The smallest absolute Gasteiger partial charge is 0.220 e. The zero-order valence-corrected chi connectivity index (χ0v) is 26.3. The highest BCUT2D eigenvalue weighted by Gasteiger charge is 2.63. The molecule has 0 aromatic carbocycles. The lowest BCUT2D eigenvalue weighted by Crippen LogP contribution is -2.57. The van der Waals surface area contributed by atoms with Crippen LogP contribution in [0.4, 0.5) is 0 Å². The van der Waals surface area contributed by atoms with E-state index in [0.717, 1.165) is 44.9 Å². The van der Waals surface area contributed by atoms with E-state index in [4.69, 9.17) is 0 Å². The van der Waals surface area contributed by atoms with Crippen molar-refractivity contribution in [1.82, 2.24) is 5.32 Å². The molecule has 4 fully saturated rings. The maximum Gasteiger partial charge on any atom is 0.220 e. The van der Waals surface area contributed by atoms with Crippen molar-refractivity contribution in [3.8, 4) is 0 Å². The van der Waals surface area contributed by atoms with Crippen molar-refractivity contribution in [2.24, 2.45) is 46.3 Å². The molecule has 9 atom stereocenters. The number of thiophene rings is 1. The summed E-state index contributed by atoms with van der Waals surface area (Å²) >= 11 is 1.75. The number of ketones is 2. The molecule has 5 rings (SSSR count). The molecular weight excluding hydrogens is 514 g/mol. The molecule has 5 heteroatoms. The minimum absolute atomic E-state index is 0.125. The molecule has 222 valence electrons. The van der Waals surface area contributed by atoms with Crippen LogP contribution in [0, 0.1) is 46.3 Å². The van der Waals surface area contributed by atoms with E-state index >= 15 is 0 Å². The minimum Gasteiger partial charge on any atom is -0.348 e. The summed E-state index contributed by atoms with van der Waals surface area (Å²) in [4.78, 5) is 40.6. The number of carbonyl (C=O) groups is 3. The van der Waals surface area contributed by atoms with Crippen molar-refractivity contribution in [3.05, 3.63) is 22.4 Å². The first-order valence-electron chi connectivity index (χ1n) is 16.5. The van der Waals surface area contributed by atoms with Gasteiger partial charge in [-0.25, -0.2) is 0 Å². The Labute approximate surface area is 246 Å². The number of nitrogens with one attached hydrogen (secondary N) is 1. The quantitative estimate of drug-likeness (QED) is 0.272. The molecule has 1 amide bonds. The van der Waals surface area contributed by atoms with E-state index in [1.807, 2.05) is 0 Å². The Kier molecular flexibility index (Phi) is 9.29. The van der Waals surface area contributed by atoms with Crippen molar-refractivity contribution >= 4 is 28.8 Å². The average molecular weight is 568 g/mol. The number of amides is 1. The van der Waals surface area contributed by atoms with Gasteiger partial charge in [0.05, 0.1) is 6.04 Å². The van der Waals surface area contributed by atoms with Crippen LogP contribution in [0.5, 0.6) is 0 Å². The van der Waals surface area contributed by atoms with Crippen LogP contribution in [0.25, 0.3) is 0 Å². The molecule has 4 nitrogen and oxygen atoms in total. The Bertz CT molecular complexity index is 1050. The number of unbranched alkanes of at least 4 members (excludes halogenated alkanes) is 4. The fourth-order valence-corrected chi connectivity index (χ4v) is 10.9. The lowest BCUT2D eigenvalue weighted by molar-refractivity contribution is -0.159. The molecule has 0 saturated heterocycles.